The van der Waals surface area contributed by atoms with Crippen LogP contribution in [0.1, 0.15) is 38.6 Å². The first-order valence-electron chi connectivity index (χ1n) is 8.59. The Bertz CT molecular complexity index is 785. The van der Waals surface area contributed by atoms with Crippen LogP contribution in [0.5, 0.6) is 0 Å². The third-order valence-electron chi connectivity index (χ3n) is 4.65. The maximum atomic E-state index is 12.5. The van der Waals surface area contributed by atoms with Crippen molar-refractivity contribution in [2.75, 3.05) is 25.9 Å². The van der Waals surface area contributed by atoms with E-state index >= 15 is 0 Å². The number of benzene rings is 1. The van der Waals surface area contributed by atoms with E-state index in [2.05, 4.69) is 14.9 Å². The summed E-state index contributed by atoms with van der Waals surface area (Å²) in [6.07, 6.45) is 3.75. The van der Waals surface area contributed by atoms with Crippen LogP contribution in [0.15, 0.2) is 29.2 Å². The molecule has 0 aliphatic carbocycles. The summed E-state index contributed by atoms with van der Waals surface area (Å²) >= 11 is 2.73. The van der Waals surface area contributed by atoms with Crippen molar-refractivity contribution in [3.05, 3.63) is 40.4 Å². The van der Waals surface area contributed by atoms with Crippen molar-refractivity contribution >= 4 is 35.1 Å². The summed E-state index contributed by atoms with van der Waals surface area (Å²) in [6, 6.07) is 7.64. The first-order chi connectivity index (χ1) is 12.6. The van der Waals surface area contributed by atoms with Crippen molar-refractivity contribution < 1.29 is 9.59 Å². The normalized spacial score (nSPS) is 15.1. The molecule has 2 heterocycles. The van der Waals surface area contributed by atoms with Gasteiger partial charge in [0.05, 0.1) is 11.3 Å². The summed E-state index contributed by atoms with van der Waals surface area (Å²) in [6.45, 7) is 3.87. The van der Waals surface area contributed by atoms with Crippen molar-refractivity contribution in [2.24, 2.45) is 5.92 Å². The highest BCUT2D eigenvalue weighted by molar-refractivity contribution is 7.98. The molecule has 26 heavy (non-hydrogen) atoms. The van der Waals surface area contributed by atoms with Gasteiger partial charge in [0.1, 0.15) is 4.88 Å². The van der Waals surface area contributed by atoms with Crippen molar-refractivity contribution in [1.82, 2.24) is 19.8 Å². The van der Waals surface area contributed by atoms with Gasteiger partial charge in [-0.15, -0.1) is 16.9 Å². The monoisotopic (exact) mass is 390 g/mol. The van der Waals surface area contributed by atoms with E-state index in [1.54, 1.807) is 11.8 Å². The smallest absolute Gasteiger partial charge is 0.267 e. The molecule has 0 radical (unpaired) electrons. The number of thioether (sulfide) groups is 1. The molecule has 1 fully saturated rings. The molecular weight excluding hydrogens is 368 g/mol. The molecule has 2 amide bonds. The van der Waals surface area contributed by atoms with Crippen molar-refractivity contribution in [2.45, 2.75) is 24.7 Å². The highest BCUT2D eigenvalue weighted by Gasteiger charge is 2.26. The van der Waals surface area contributed by atoms with Gasteiger partial charge in [-0.1, -0.05) is 16.6 Å². The maximum Gasteiger partial charge on any atom is 0.267 e. The van der Waals surface area contributed by atoms with Crippen molar-refractivity contribution in [1.29, 1.82) is 0 Å². The lowest BCUT2D eigenvalue weighted by atomic mass is 9.96. The minimum absolute atomic E-state index is 0.0221. The zero-order chi connectivity index (χ0) is 18.5. The van der Waals surface area contributed by atoms with E-state index in [0.717, 1.165) is 34.8 Å². The largest absolute Gasteiger partial charge is 0.352 e. The fraction of sp³-hybridized carbons (Fsp3) is 0.444. The number of nitrogens with one attached hydrogen (secondary N) is 1. The SMILES string of the molecule is CSc1ccccc1C(=O)NCC1CCN(C(=O)c2snnc2C)CC1. The van der Waals surface area contributed by atoms with Crippen LogP contribution in [0.2, 0.25) is 0 Å². The van der Waals surface area contributed by atoms with Crippen LogP contribution in [0, 0.1) is 12.8 Å². The van der Waals surface area contributed by atoms with E-state index in [1.807, 2.05) is 42.3 Å². The number of likely N-dealkylation sites (tertiary alicyclic amines) is 1. The van der Waals surface area contributed by atoms with E-state index in [-0.39, 0.29) is 11.8 Å². The van der Waals surface area contributed by atoms with E-state index in [4.69, 9.17) is 0 Å². The van der Waals surface area contributed by atoms with E-state index in [0.29, 0.717) is 36.1 Å². The average Bonchev–Trinajstić information content (AvgIpc) is 3.11. The molecule has 0 saturated carbocycles. The fourth-order valence-corrected chi connectivity index (χ4v) is 4.30. The van der Waals surface area contributed by atoms with Crippen molar-refractivity contribution in [3.63, 3.8) is 0 Å². The number of carbonyl (C=O) groups excluding carboxylic acids is 2. The molecule has 2 aromatic rings. The number of amides is 2. The molecule has 1 saturated heterocycles. The summed E-state index contributed by atoms with van der Waals surface area (Å²) in [5.74, 6) is 0.388. The van der Waals surface area contributed by atoms with Gasteiger partial charge in [-0.05, 0) is 55.6 Å². The van der Waals surface area contributed by atoms with E-state index in [9.17, 15) is 9.59 Å². The van der Waals surface area contributed by atoms with Crippen LogP contribution in [0.3, 0.4) is 0 Å². The number of nitrogens with zero attached hydrogens (tertiary/aromatic N) is 3. The highest BCUT2D eigenvalue weighted by atomic mass is 32.2. The van der Waals surface area contributed by atoms with Crippen molar-refractivity contribution in [3.8, 4) is 0 Å². The Kier molecular flexibility index (Phi) is 6.26. The Hall–Kier alpha value is -1.93. The molecule has 0 spiro atoms. The Morgan fingerprint density at radius 3 is 2.69 bits per heavy atom. The van der Waals surface area contributed by atoms with E-state index in [1.165, 1.54) is 0 Å². The lowest BCUT2D eigenvalue weighted by molar-refractivity contribution is 0.0688. The Morgan fingerprint density at radius 1 is 1.31 bits per heavy atom. The average molecular weight is 391 g/mol. The van der Waals surface area contributed by atoms with Gasteiger partial charge in [0.15, 0.2) is 0 Å². The van der Waals surface area contributed by atoms with Gasteiger partial charge in [-0.2, -0.15) is 0 Å². The Balaban J connectivity index is 1.49. The van der Waals surface area contributed by atoms with Crippen LogP contribution in [0.25, 0.3) is 0 Å². The zero-order valence-corrected chi connectivity index (χ0v) is 16.5. The van der Waals surface area contributed by atoms with Gasteiger partial charge >= 0.3 is 0 Å². The summed E-state index contributed by atoms with van der Waals surface area (Å²) in [5, 5.41) is 6.96. The molecule has 138 valence electrons. The molecule has 1 aliphatic heterocycles. The van der Waals surface area contributed by atoms with E-state index < -0.39 is 0 Å². The van der Waals surface area contributed by atoms with Gasteiger partial charge in [0.25, 0.3) is 11.8 Å². The number of carbonyl (C=O) groups is 2. The number of aryl methyl sites for hydroxylation is 1. The van der Waals surface area contributed by atoms with Crippen LogP contribution in [-0.2, 0) is 0 Å². The van der Waals surface area contributed by atoms with Gasteiger partial charge in [-0.3, -0.25) is 9.59 Å². The van der Waals surface area contributed by atoms with Gasteiger partial charge in [0, 0.05) is 24.5 Å². The minimum atomic E-state index is -0.0279. The molecule has 3 rings (SSSR count). The number of rotatable bonds is 5. The quantitative estimate of drug-likeness (QED) is 0.795. The molecule has 1 aromatic heterocycles. The lowest BCUT2D eigenvalue weighted by Gasteiger charge is -2.31. The fourth-order valence-electron chi connectivity index (χ4n) is 3.08. The van der Waals surface area contributed by atoms with Gasteiger partial charge in [0.2, 0.25) is 0 Å². The molecule has 1 N–H and O–H groups in total. The third-order valence-corrected chi connectivity index (χ3v) is 6.26. The summed E-state index contributed by atoms with van der Waals surface area (Å²) in [4.78, 5) is 28.4. The minimum Gasteiger partial charge on any atom is -0.352 e. The molecule has 1 aliphatic rings. The first-order valence-corrected chi connectivity index (χ1v) is 10.6. The molecule has 0 atom stereocenters. The van der Waals surface area contributed by atoms with Crippen LogP contribution in [-0.4, -0.2) is 52.2 Å². The van der Waals surface area contributed by atoms with Gasteiger partial charge in [-0.25, -0.2) is 0 Å². The summed E-state index contributed by atoms with van der Waals surface area (Å²) in [5.41, 5.74) is 1.42. The predicted molar refractivity (Wildman–Crippen MR) is 104 cm³/mol. The number of hydrogen-bond donors (Lipinski definition) is 1. The Morgan fingerprint density at radius 2 is 2.04 bits per heavy atom. The standard InChI is InChI=1S/C18H22N4O2S2/c1-12-16(26-21-20-12)18(24)22-9-7-13(8-10-22)11-19-17(23)14-5-3-4-6-15(14)25-2/h3-6,13H,7-11H2,1-2H3,(H,19,23). The molecule has 6 nitrogen and oxygen atoms in total. The molecule has 0 bridgehead atoms. The van der Waals surface area contributed by atoms with Gasteiger partial charge < -0.3 is 10.2 Å². The zero-order valence-electron chi connectivity index (χ0n) is 14.9. The highest BCUT2D eigenvalue weighted by Crippen LogP contribution is 2.22. The second-order valence-electron chi connectivity index (χ2n) is 6.33. The van der Waals surface area contributed by atoms with Crippen LogP contribution in [0.4, 0.5) is 0 Å². The molecule has 0 unspecified atom stereocenters. The Labute approximate surface area is 161 Å². The summed E-state index contributed by atoms with van der Waals surface area (Å²) < 4.78 is 3.84. The topological polar surface area (TPSA) is 75.2 Å². The predicted octanol–water partition coefficient (Wildman–Crippen LogP) is 2.85. The first kappa shape index (κ1) is 18.8. The second-order valence-corrected chi connectivity index (χ2v) is 7.94. The number of piperidine rings is 1. The van der Waals surface area contributed by atoms with Crippen LogP contribution < -0.4 is 5.32 Å². The summed E-state index contributed by atoms with van der Waals surface area (Å²) in [7, 11) is 0. The number of aromatic nitrogens is 2. The maximum absolute atomic E-state index is 12.5. The second kappa shape index (κ2) is 8.64. The lowest BCUT2D eigenvalue weighted by Crippen LogP contribution is -2.41. The van der Waals surface area contributed by atoms with Crippen LogP contribution >= 0.6 is 23.3 Å². The number of hydrogen-bond acceptors (Lipinski definition) is 6. The molecule has 1 aromatic carbocycles. The molecular formula is C18H22N4O2S2. The molecule has 8 heteroatoms. The third kappa shape index (κ3) is 4.24.